The summed E-state index contributed by atoms with van der Waals surface area (Å²) in [5, 5.41) is 5.25. The van der Waals surface area contributed by atoms with Crippen LogP contribution in [0.3, 0.4) is 0 Å². The van der Waals surface area contributed by atoms with Crippen molar-refractivity contribution < 1.29 is 4.79 Å². The molecule has 0 spiro atoms. The minimum atomic E-state index is -0.150. The van der Waals surface area contributed by atoms with E-state index < -0.39 is 0 Å². The van der Waals surface area contributed by atoms with Crippen LogP contribution in [0.15, 0.2) is 40.4 Å². The van der Waals surface area contributed by atoms with Gasteiger partial charge in [0, 0.05) is 31.4 Å². The fourth-order valence-electron chi connectivity index (χ4n) is 3.17. The predicted molar refractivity (Wildman–Crippen MR) is 101 cm³/mol. The predicted octanol–water partition coefficient (Wildman–Crippen LogP) is 3.24. The molecule has 2 aliphatic heterocycles. The Bertz CT molecular complexity index is 897. The van der Waals surface area contributed by atoms with Gasteiger partial charge in [0.15, 0.2) is 5.17 Å². The third kappa shape index (κ3) is 3.14. The summed E-state index contributed by atoms with van der Waals surface area (Å²) in [5.41, 5.74) is 4.63. The fraction of sp³-hybridized carbons (Fsp3) is 0.316. The number of amidine groups is 1. The van der Waals surface area contributed by atoms with E-state index in [4.69, 9.17) is 0 Å². The van der Waals surface area contributed by atoms with E-state index in [1.54, 1.807) is 0 Å². The van der Waals surface area contributed by atoms with Crippen molar-refractivity contribution in [2.75, 3.05) is 6.54 Å². The molecule has 5 nitrogen and oxygen atoms in total. The molecular weight excluding hydrogens is 332 g/mol. The van der Waals surface area contributed by atoms with Crippen molar-refractivity contribution >= 4 is 28.9 Å². The summed E-state index contributed by atoms with van der Waals surface area (Å²) in [6.45, 7) is 6.55. The molecule has 0 aliphatic carbocycles. The Labute approximate surface area is 151 Å². The van der Waals surface area contributed by atoms with Crippen molar-refractivity contribution in [2.24, 2.45) is 4.99 Å². The highest BCUT2D eigenvalue weighted by molar-refractivity contribution is 8.18. The van der Waals surface area contributed by atoms with Crippen molar-refractivity contribution in [1.29, 1.82) is 0 Å². The summed E-state index contributed by atoms with van der Waals surface area (Å²) in [5.74, 6) is -0.150. The summed E-state index contributed by atoms with van der Waals surface area (Å²) in [6.07, 6.45) is 4.88. The van der Waals surface area contributed by atoms with E-state index in [-0.39, 0.29) is 5.91 Å². The van der Waals surface area contributed by atoms with Crippen LogP contribution in [-0.2, 0) is 24.3 Å². The number of aliphatic imine (C=N–C) groups is 1. The number of fused-ring (bicyclic) bond motifs is 1. The smallest absolute Gasteiger partial charge is 0.286 e. The maximum Gasteiger partial charge on any atom is 0.286 e. The van der Waals surface area contributed by atoms with Crippen LogP contribution in [0.25, 0.3) is 6.08 Å². The summed E-state index contributed by atoms with van der Waals surface area (Å²) in [4.78, 5) is 19.5. The van der Waals surface area contributed by atoms with Crippen LogP contribution >= 0.6 is 11.8 Å². The van der Waals surface area contributed by atoms with E-state index in [2.05, 4.69) is 39.3 Å². The Morgan fingerprint density at radius 3 is 2.84 bits per heavy atom. The van der Waals surface area contributed by atoms with Crippen LogP contribution in [0, 0.1) is 6.92 Å². The van der Waals surface area contributed by atoms with E-state index in [1.807, 2.05) is 30.8 Å². The molecule has 0 bridgehead atoms. The molecule has 25 heavy (non-hydrogen) atoms. The summed E-state index contributed by atoms with van der Waals surface area (Å²) in [7, 11) is 0. The van der Waals surface area contributed by atoms with Crippen molar-refractivity contribution in [3.05, 3.63) is 57.8 Å². The van der Waals surface area contributed by atoms with Gasteiger partial charge < -0.3 is 4.90 Å². The number of carbonyl (C=O) groups excluding carboxylic acids is 1. The Kier molecular flexibility index (Phi) is 4.21. The third-order valence-electron chi connectivity index (χ3n) is 4.61. The summed E-state index contributed by atoms with van der Waals surface area (Å²) in [6, 6.07) is 8.49. The summed E-state index contributed by atoms with van der Waals surface area (Å²) >= 11 is 1.47. The van der Waals surface area contributed by atoms with Gasteiger partial charge in [0.1, 0.15) is 0 Å². The van der Waals surface area contributed by atoms with Gasteiger partial charge in [-0.2, -0.15) is 10.1 Å². The first kappa shape index (κ1) is 16.1. The van der Waals surface area contributed by atoms with E-state index in [0.717, 1.165) is 42.5 Å². The Morgan fingerprint density at radius 1 is 1.28 bits per heavy atom. The zero-order valence-electron chi connectivity index (χ0n) is 14.4. The van der Waals surface area contributed by atoms with Gasteiger partial charge in [0.05, 0.1) is 10.6 Å². The maximum atomic E-state index is 12.3. The number of aromatic nitrogens is 2. The van der Waals surface area contributed by atoms with Crippen LogP contribution in [0.5, 0.6) is 0 Å². The van der Waals surface area contributed by atoms with Crippen LogP contribution in [0.1, 0.15) is 29.3 Å². The topological polar surface area (TPSA) is 50.5 Å². The van der Waals surface area contributed by atoms with Crippen molar-refractivity contribution in [3.8, 4) is 0 Å². The fourth-order valence-corrected chi connectivity index (χ4v) is 4.10. The van der Waals surface area contributed by atoms with Gasteiger partial charge in [-0.15, -0.1) is 0 Å². The van der Waals surface area contributed by atoms with Crippen LogP contribution in [0.4, 0.5) is 0 Å². The largest absolute Gasteiger partial charge is 0.346 e. The van der Waals surface area contributed by atoms with Gasteiger partial charge in [-0.1, -0.05) is 24.3 Å². The second kappa shape index (κ2) is 6.52. The quantitative estimate of drug-likeness (QED) is 0.779. The number of amides is 1. The van der Waals surface area contributed by atoms with E-state index in [1.165, 1.54) is 22.9 Å². The average molecular weight is 352 g/mol. The second-order valence-electron chi connectivity index (χ2n) is 6.28. The van der Waals surface area contributed by atoms with Crippen LogP contribution in [0.2, 0.25) is 0 Å². The Hall–Kier alpha value is -2.34. The van der Waals surface area contributed by atoms with Gasteiger partial charge in [0.25, 0.3) is 5.91 Å². The zero-order valence-corrected chi connectivity index (χ0v) is 15.2. The molecule has 0 unspecified atom stereocenters. The lowest BCUT2D eigenvalue weighted by Gasteiger charge is -2.29. The molecular formula is C19H20N4OS. The first-order valence-electron chi connectivity index (χ1n) is 8.52. The Balaban J connectivity index is 1.53. The molecule has 0 N–H and O–H groups in total. The van der Waals surface area contributed by atoms with Gasteiger partial charge in [-0.25, -0.2) is 0 Å². The number of aryl methyl sites for hydroxylation is 2. The second-order valence-corrected chi connectivity index (χ2v) is 7.29. The number of carbonyl (C=O) groups is 1. The van der Waals surface area contributed by atoms with Gasteiger partial charge >= 0.3 is 0 Å². The summed E-state index contributed by atoms with van der Waals surface area (Å²) < 4.78 is 1.88. The standard InChI is InChI=1S/C19H20N4OS/c1-3-23-12-16(13(2)21-23)10-17-18(24)20-19(25-17)22-9-8-14-6-4-5-7-15(14)11-22/h4-7,10,12H,3,8-9,11H2,1-2H3. The molecule has 0 atom stereocenters. The number of rotatable bonds is 2. The zero-order chi connectivity index (χ0) is 17.4. The van der Waals surface area contributed by atoms with E-state index in [9.17, 15) is 4.79 Å². The first-order chi connectivity index (χ1) is 12.1. The van der Waals surface area contributed by atoms with Crippen molar-refractivity contribution in [3.63, 3.8) is 0 Å². The molecule has 0 saturated heterocycles. The van der Waals surface area contributed by atoms with Crippen LogP contribution in [-0.4, -0.2) is 32.3 Å². The Morgan fingerprint density at radius 2 is 2.08 bits per heavy atom. The molecule has 4 rings (SSSR count). The number of hydrogen-bond acceptors (Lipinski definition) is 4. The maximum absolute atomic E-state index is 12.3. The molecule has 0 radical (unpaired) electrons. The molecule has 0 saturated carbocycles. The lowest BCUT2D eigenvalue weighted by Crippen LogP contribution is -2.33. The number of benzene rings is 1. The lowest BCUT2D eigenvalue weighted by molar-refractivity contribution is -0.113. The highest BCUT2D eigenvalue weighted by Crippen LogP contribution is 2.32. The normalized spacial score (nSPS) is 18.6. The highest BCUT2D eigenvalue weighted by Gasteiger charge is 2.28. The van der Waals surface area contributed by atoms with Crippen molar-refractivity contribution in [2.45, 2.75) is 33.4 Å². The number of hydrogen-bond donors (Lipinski definition) is 0. The average Bonchev–Trinajstić information content (AvgIpc) is 3.18. The molecule has 1 aromatic heterocycles. The molecule has 2 aromatic rings. The molecule has 2 aliphatic rings. The first-order valence-corrected chi connectivity index (χ1v) is 9.34. The SMILES string of the molecule is CCn1cc(C=C2SC(N3CCc4ccccc4C3)=NC2=O)c(C)n1. The molecule has 3 heterocycles. The van der Waals surface area contributed by atoms with Gasteiger partial charge in [0.2, 0.25) is 0 Å². The monoisotopic (exact) mass is 352 g/mol. The minimum Gasteiger partial charge on any atom is -0.346 e. The minimum absolute atomic E-state index is 0.150. The van der Waals surface area contributed by atoms with Gasteiger partial charge in [-0.3, -0.25) is 9.48 Å². The molecule has 6 heteroatoms. The molecule has 128 valence electrons. The molecule has 1 aromatic carbocycles. The highest BCUT2D eigenvalue weighted by atomic mass is 32.2. The number of nitrogens with zero attached hydrogens (tertiary/aromatic N) is 4. The number of thioether (sulfide) groups is 1. The van der Waals surface area contributed by atoms with E-state index in [0.29, 0.717) is 4.91 Å². The van der Waals surface area contributed by atoms with Gasteiger partial charge in [-0.05, 0) is 49.2 Å². The van der Waals surface area contributed by atoms with E-state index >= 15 is 0 Å². The van der Waals surface area contributed by atoms with Crippen LogP contribution < -0.4 is 0 Å². The lowest BCUT2D eigenvalue weighted by atomic mass is 10.0. The molecule has 0 fully saturated rings. The van der Waals surface area contributed by atoms with Crippen molar-refractivity contribution in [1.82, 2.24) is 14.7 Å². The molecule has 1 amide bonds. The third-order valence-corrected chi connectivity index (χ3v) is 5.65.